The first-order valence-electron chi connectivity index (χ1n) is 6.10. The number of aromatic nitrogens is 1. The van der Waals surface area contributed by atoms with Crippen LogP contribution in [0.2, 0.25) is 0 Å². The summed E-state index contributed by atoms with van der Waals surface area (Å²) in [6.45, 7) is -1.43. The Morgan fingerprint density at radius 2 is 2.19 bits per heavy atom. The predicted octanol–water partition coefficient (Wildman–Crippen LogP) is 2.34. The molecule has 0 aromatic carbocycles. The van der Waals surface area contributed by atoms with Crippen LogP contribution in [-0.4, -0.2) is 29.3 Å². The van der Waals surface area contributed by atoms with Crippen molar-refractivity contribution in [2.75, 3.05) is 11.9 Å². The maximum absolute atomic E-state index is 12.2. The summed E-state index contributed by atoms with van der Waals surface area (Å²) in [5.74, 6) is 0.296. The van der Waals surface area contributed by atoms with Crippen LogP contribution >= 0.6 is 12.2 Å². The standard InChI is InChI=1S/C12H12F3N3O2S/c13-12(14,15)5-20-9-4-3-8(7-1-2-7)17-10(9)18-11(21)16-6-19/h3-4,6-7H,1-2,5H2,(H2,16,17,18,19,21). The average Bonchev–Trinajstić information content (AvgIpc) is 3.20. The van der Waals surface area contributed by atoms with Crippen molar-refractivity contribution in [3.63, 3.8) is 0 Å². The van der Waals surface area contributed by atoms with Gasteiger partial charge in [0, 0.05) is 11.6 Å². The van der Waals surface area contributed by atoms with E-state index in [0.717, 1.165) is 18.5 Å². The van der Waals surface area contributed by atoms with Crippen molar-refractivity contribution in [3.8, 4) is 5.75 Å². The SMILES string of the molecule is O=CNC(=S)Nc1nc(C2CC2)ccc1OCC(F)(F)F. The molecule has 21 heavy (non-hydrogen) atoms. The zero-order valence-electron chi connectivity index (χ0n) is 10.7. The molecule has 1 aromatic rings. The molecule has 1 aromatic heterocycles. The minimum Gasteiger partial charge on any atom is -0.480 e. The van der Waals surface area contributed by atoms with Gasteiger partial charge in [0.15, 0.2) is 23.3 Å². The summed E-state index contributed by atoms with van der Waals surface area (Å²) in [6, 6.07) is 3.04. The monoisotopic (exact) mass is 319 g/mol. The van der Waals surface area contributed by atoms with Crippen molar-refractivity contribution in [1.82, 2.24) is 10.3 Å². The summed E-state index contributed by atoms with van der Waals surface area (Å²) in [7, 11) is 0. The molecule has 9 heteroatoms. The molecule has 0 spiro atoms. The molecule has 0 unspecified atom stereocenters. The third-order valence-electron chi connectivity index (χ3n) is 2.69. The second-order valence-electron chi connectivity index (χ2n) is 4.48. The topological polar surface area (TPSA) is 63.2 Å². The predicted molar refractivity (Wildman–Crippen MR) is 73.2 cm³/mol. The fourth-order valence-corrected chi connectivity index (χ4v) is 1.78. The van der Waals surface area contributed by atoms with Crippen molar-refractivity contribution < 1.29 is 22.7 Å². The molecule has 114 valence electrons. The molecule has 1 aliphatic carbocycles. The lowest BCUT2D eigenvalue weighted by Crippen LogP contribution is -2.28. The fourth-order valence-electron chi connectivity index (χ4n) is 1.63. The van der Waals surface area contributed by atoms with E-state index in [-0.39, 0.29) is 16.7 Å². The maximum Gasteiger partial charge on any atom is 0.422 e. The number of thiocarbonyl (C=S) groups is 1. The van der Waals surface area contributed by atoms with Crippen LogP contribution in [0, 0.1) is 0 Å². The first-order chi connectivity index (χ1) is 9.89. The summed E-state index contributed by atoms with van der Waals surface area (Å²) in [5, 5.41) is 4.67. The van der Waals surface area contributed by atoms with Gasteiger partial charge >= 0.3 is 6.18 Å². The Kier molecular flexibility index (Phi) is 4.61. The van der Waals surface area contributed by atoms with E-state index in [9.17, 15) is 18.0 Å². The zero-order chi connectivity index (χ0) is 15.5. The van der Waals surface area contributed by atoms with Gasteiger partial charge in [-0.05, 0) is 37.2 Å². The summed E-state index contributed by atoms with van der Waals surface area (Å²) in [6.07, 6.45) is -2.11. The molecule has 0 bridgehead atoms. The minimum atomic E-state index is -4.45. The molecule has 2 rings (SSSR count). The number of hydrogen-bond acceptors (Lipinski definition) is 4. The zero-order valence-corrected chi connectivity index (χ0v) is 11.6. The first-order valence-corrected chi connectivity index (χ1v) is 6.51. The van der Waals surface area contributed by atoms with E-state index in [1.807, 2.05) is 0 Å². The molecule has 2 N–H and O–H groups in total. The number of ether oxygens (including phenoxy) is 1. The lowest BCUT2D eigenvalue weighted by atomic mass is 10.2. The number of rotatable bonds is 5. The van der Waals surface area contributed by atoms with Crippen molar-refractivity contribution >= 4 is 29.6 Å². The molecule has 1 aliphatic rings. The molecule has 0 radical (unpaired) electrons. The van der Waals surface area contributed by atoms with Gasteiger partial charge in [0.1, 0.15) is 0 Å². The molecule has 0 saturated heterocycles. The van der Waals surface area contributed by atoms with Gasteiger partial charge in [-0.1, -0.05) is 0 Å². The molecular weight excluding hydrogens is 307 g/mol. The summed E-state index contributed by atoms with van der Waals surface area (Å²) < 4.78 is 41.4. The van der Waals surface area contributed by atoms with Crippen LogP contribution in [0.25, 0.3) is 0 Å². The van der Waals surface area contributed by atoms with E-state index in [0.29, 0.717) is 12.3 Å². The number of hydrogen-bond donors (Lipinski definition) is 2. The number of carbonyl (C=O) groups excluding carboxylic acids is 1. The van der Waals surface area contributed by atoms with E-state index < -0.39 is 12.8 Å². The van der Waals surface area contributed by atoms with E-state index in [4.69, 9.17) is 17.0 Å². The summed E-state index contributed by atoms with van der Waals surface area (Å²) >= 11 is 4.81. The van der Waals surface area contributed by atoms with Gasteiger partial charge in [-0.15, -0.1) is 0 Å². The van der Waals surface area contributed by atoms with Gasteiger partial charge in [-0.2, -0.15) is 13.2 Å². The van der Waals surface area contributed by atoms with Crippen molar-refractivity contribution in [2.45, 2.75) is 24.9 Å². The highest BCUT2D eigenvalue weighted by Gasteiger charge is 2.30. The Morgan fingerprint density at radius 1 is 1.48 bits per heavy atom. The van der Waals surface area contributed by atoms with Crippen molar-refractivity contribution in [1.29, 1.82) is 0 Å². The van der Waals surface area contributed by atoms with Gasteiger partial charge in [-0.3, -0.25) is 4.79 Å². The van der Waals surface area contributed by atoms with Gasteiger partial charge < -0.3 is 15.4 Å². The van der Waals surface area contributed by atoms with E-state index >= 15 is 0 Å². The third-order valence-corrected chi connectivity index (χ3v) is 2.91. The Morgan fingerprint density at radius 3 is 2.76 bits per heavy atom. The average molecular weight is 319 g/mol. The summed E-state index contributed by atoms with van der Waals surface area (Å²) in [4.78, 5) is 14.5. The number of halogens is 3. The number of amides is 1. The van der Waals surface area contributed by atoms with Crippen LogP contribution in [-0.2, 0) is 4.79 Å². The molecule has 1 heterocycles. The van der Waals surface area contributed by atoms with Gasteiger partial charge in [-0.25, -0.2) is 4.98 Å². The Balaban J connectivity index is 2.16. The second kappa shape index (κ2) is 6.25. The highest BCUT2D eigenvalue weighted by molar-refractivity contribution is 7.80. The summed E-state index contributed by atoms with van der Waals surface area (Å²) in [5.41, 5.74) is 0.755. The highest BCUT2D eigenvalue weighted by Crippen LogP contribution is 2.40. The molecule has 0 atom stereocenters. The molecule has 1 saturated carbocycles. The number of nitrogens with one attached hydrogen (secondary N) is 2. The quantitative estimate of drug-likeness (QED) is 0.644. The number of carbonyl (C=O) groups is 1. The van der Waals surface area contributed by atoms with Gasteiger partial charge in [0.25, 0.3) is 0 Å². The van der Waals surface area contributed by atoms with Gasteiger partial charge in [0.2, 0.25) is 6.41 Å². The van der Waals surface area contributed by atoms with Crippen LogP contribution in [0.4, 0.5) is 19.0 Å². The fraction of sp³-hybridized carbons (Fsp3) is 0.417. The minimum absolute atomic E-state index is 0.0583. The Hall–Kier alpha value is -1.90. The van der Waals surface area contributed by atoms with E-state index in [1.165, 1.54) is 6.07 Å². The normalized spacial score (nSPS) is 14.4. The molecule has 0 aliphatic heterocycles. The number of anilines is 1. The lowest BCUT2D eigenvalue weighted by molar-refractivity contribution is -0.153. The molecular formula is C12H12F3N3O2S. The lowest BCUT2D eigenvalue weighted by Gasteiger charge is -2.14. The number of pyridine rings is 1. The molecule has 5 nitrogen and oxygen atoms in total. The number of nitrogens with zero attached hydrogens (tertiary/aromatic N) is 1. The van der Waals surface area contributed by atoms with Crippen LogP contribution in [0.3, 0.4) is 0 Å². The van der Waals surface area contributed by atoms with Crippen LogP contribution in [0.15, 0.2) is 12.1 Å². The molecule has 1 fully saturated rings. The molecule has 1 amide bonds. The van der Waals surface area contributed by atoms with E-state index in [1.54, 1.807) is 6.07 Å². The van der Waals surface area contributed by atoms with E-state index in [2.05, 4.69) is 15.6 Å². The van der Waals surface area contributed by atoms with Crippen LogP contribution in [0.5, 0.6) is 5.75 Å². The van der Waals surface area contributed by atoms with Crippen molar-refractivity contribution in [3.05, 3.63) is 17.8 Å². The largest absolute Gasteiger partial charge is 0.480 e. The van der Waals surface area contributed by atoms with Gasteiger partial charge in [0.05, 0.1) is 0 Å². The maximum atomic E-state index is 12.2. The van der Waals surface area contributed by atoms with Crippen LogP contribution < -0.4 is 15.4 Å². The smallest absolute Gasteiger partial charge is 0.422 e. The first kappa shape index (κ1) is 15.5. The Labute approximate surface area is 123 Å². The highest BCUT2D eigenvalue weighted by atomic mass is 32.1. The van der Waals surface area contributed by atoms with Crippen molar-refractivity contribution in [2.24, 2.45) is 0 Å². The number of alkyl halides is 3. The Bertz CT molecular complexity index is 547. The van der Waals surface area contributed by atoms with Crippen LogP contribution in [0.1, 0.15) is 24.5 Å². The second-order valence-corrected chi connectivity index (χ2v) is 4.89. The third kappa shape index (κ3) is 4.85.